The summed E-state index contributed by atoms with van der Waals surface area (Å²) in [6.45, 7) is 1.40. The first-order valence-corrected chi connectivity index (χ1v) is 6.74. The molecule has 1 aromatic carbocycles. The first kappa shape index (κ1) is 12.9. The number of halogens is 1. The van der Waals surface area contributed by atoms with Gasteiger partial charge in [-0.05, 0) is 29.7 Å². The second-order valence-electron chi connectivity index (χ2n) is 4.75. The fraction of sp³-hybridized carbons (Fsp3) is 0.200. The molecule has 0 aliphatic carbocycles. The molecule has 2 heterocycles. The molecule has 102 valence electrons. The molecule has 0 amide bonds. The van der Waals surface area contributed by atoms with Gasteiger partial charge in [0.1, 0.15) is 16.5 Å². The van der Waals surface area contributed by atoms with Crippen LogP contribution in [-0.2, 0) is 13.0 Å². The van der Waals surface area contributed by atoms with Gasteiger partial charge in [0.05, 0.1) is 0 Å². The third-order valence-electron chi connectivity index (χ3n) is 3.50. The van der Waals surface area contributed by atoms with Crippen LogP contribution in [0.3, 0.4) is 0 Å². The van der Waals surface area contributed by atoms with Crippen LogP contribution in [0.2, 0.25) is 5.15 Å². The van der Waals surface area contributed by atoms with E-state index in [1.165, 1.54) is 23.3 Å². The minimum atomic E-state index is -0.983. The van der Waals surface area contributed by atoms with Gasteiger partial charge in [-0.15, -0.1) is 0 Å². The van der Waals surface area contributed by atoms with Gasteiger partial charge in [-0.3, -0.25) is 0 Å². The minimum absolute atomic E-state index is 0.189. The predicted molar refractivity (Wildman–Crippen MR) is 77.4 cm³/mol. The van der Waals surface area contributed by atoms with Crippen molar-refractivity contribution in [2.24, 2.45) is 0 Å². The summed E-state index contributed by atoms with van der Waals surface area (Å²) in [5.41, 5.74) is 2.70. The number of anilines is 1. The van der Waals surface area contributed by atoms with Crippen molar-refractivity contribution in [3.05, 3.63) is 58.2 Å². The Hall–Kier alpha value is -2.07. The van der Waals surface area contributed by atoms with Crippen LogP contribution in [0, 0.1) is 0 Å². The highest BCUT2D eigenvalue weighted by Crippen LogP contribution is 2.27. The van der Waals surface area contributed by atoms with Crippen LogP contribution < -0.4 is 4.90 Å². The molecule has 0 saturated carbocycles. The van der Waals surface area contributed by atoms with Gasteiger partial charge in [0.2, 0.25) is 0 Å². The van der Waals surface area contributed by atoms with Gasteiger partial charge in [0.15, 0.2) is 0 Å². The molecule has 0 unspecified atom stereocenters. The number of rotatable bonds is 2. The Labute approximate surface area is 121 Å². The summed E-state index contributed by atoms with van der Waals surface area (Å²) >= 11 is 5.91. The van der Waals surface area contributed by atoms with Crippen LogP contribution in [0.15, 0.2) is 36.4 Å². The topological polar surface area (TPSA) is 53.4 Å². The number of carboxylic acid groups (broad SMARTS) is 1. The Bertz CT molecular complexity index is 673. The summed E-state index contributed by atoms with van der Waals surface area (Å²) in [4.78, 5) is 17.5. The van der Waals surface area contributed by atoms with E-state index < -0.39 is 5.97 Å². The number of nitrogens with zero attached hydrogens (tertiary/aromatic N) is 2. The van der Waals surface area contributed by atoms with Crippen molar-refractivity contribution in [1.29, 1.82) is 0 Å². The number of hydrogen-bond acceptors (Lipinski definition) is 3. The fourth-order valence-electron chi connectivity index (χ4n) is 2.51. The van der Waals surface area contributed by atoms with E-state index in [0.717, 1.165) is 13.0 Å². The van der Waals surface area contributed by atoms with E-state index in [1.54, 1.807) is 0 Å². The molecule has 3 rings (SSSR count). The first-order valence-electron chi connectivity index (χ1n) is 6.37. The zero-order valence-electron chi connectivity index (χ0n) is 10.7. The number of pyridine rings is 1. The molecule has 5 heteroatoms. The van der Waals surface area contributed by atoms with Gasteiger partial charge in [-0.2, -0.15) is 0 Å². The first-order chi connectivity index (χ1) is 9.65. The maximum Gasteiger partial charge on any atom is 0.339 e. The predicted octanol–water partition coefficient (Wildman–Crippen LogP) is 3.00. The van der Waals surface area contributed by atoms with Crippen LogP contribution in [0.5, 0.6) is 0 Å². The highest BCUT2D eigenvalue weighted by Gasteiger charge is 2.22. The third-order valence-corrected chi connectivity index (χ3v) is 3.71. The zero-order chi connectivity index (χ0) is 14.1. The molecule has 0 radical (unpaired) electrons. The fourth-order valence-corrected chi connectivity index (χ4v) is 2.65. The SMILES string of the molecule is O=C(O)c1ccc(Cl)nc1N1CCc2ccccc2C1. The molecule has 1 aromatic heterocycles. The van der Waals surface area contributed by atoms with Gasteiger partial charge in [-0.25, -0.2) is 9.78 Å². The van der Waals surface area contributed by atoms with E-state index in [-0.39, 0.29) is 5.56 Å². The average molecular weight is 289 g/mol. The number of aromatic carboxylic acids is 1. The Kier molecular flexibility index (Phi) is 3.32. The second-order valence-corrected chi connectivity index (χ2v) is 5.14. The van der Waals surface area contributed by atoms with Gasteiger partial charge in [-0.1, -0.05) is 35.9 Å². The minimum Gasteiger partial charge on any atom is -0.478 e. The lowest BCUT2D eigenvalue weighted by Crippen LogP contribution is -2.32. The summed E-state index contributed by atoms with van der Waals surface area (Å²) in [5.74, 6) is -0.539. The Morgan fingerprint density at radius 1 is 1.20 bits per heavy atom. The summed E-state index contributed by atoms with van der Waals surface area (Å²) in [7, 11) is 0. The average Bonchev–Trinajstić information content (AvgIpc) is 2.46. The molecule has 1 aliphatic heterocycles. The van der Waals surface area contributed by atoms with Crippen LogP contribution in [0.25, 0.3) is 0 Å². The van der Waals surface area contributed by atoms with Crippen molar-refractivity contribution in [3.8, 4) is 0 Å². The summed E-state index contributed by atoms with van der Waals surface area (Å²) in [5, 5.41) is 9.58. The van der Waals surface area contributed by atoms with Crippen molar-refractivity contribution >= 4 is 23.4 Å². The zero-order valence-corrected chi connectivity index (χ0v) is 11.5. The van der Waals surface area contributed by atoms with Crippen molar-refractivity contribution in [3.63, 3.8) is 0 Å². The maximum atomic E-state index is 11.3. The number of carbonyl (C=O) groups is 1. The largest absolute Gasteiger partial charge is 0.478 e. The number of benzene rings is 1. The molecule has 20 heavy (non-hydrogen) atoms. The molecular weight excluding hydrogens is 276 g/mol. The summed E-state index contributed by atoms with van der Waals surface area (Å²) < 4.78 is 0. The van der Waals surface area contributed by atoms with E-state index in [4.69, 9.17) is 11.6 Å². The Balaban J connectivity index is 1.99. The van der Waals surface area contributed by atoms with Crippen molar-refractivity contribution < 1.29 is 9.90 Å². The second kappa shape index (κ2) is 5.13. The number of aromatic nitrogens is 1. The molecule has 0 bridgehead atoms. The molecular formula is C15H13ClN2O2. The summed E-state index contributed by atoms with van der Waals surface area (Å²) in [6.07, 6.45) is 0.878. The lowest BCUT2D eigenvalue weighted by atomic mass is 9.99. The molecule has 1 aliphatic rings. The number of fused-ring (bicyclic) bond motifs is 1. The third kappa shape index (κ3) is 2.34. The molecule has 2 aromatic rings. The highest BCUT2D eigenvalue weighted by molar-refractivity contribution is 6.29. The van der Waals surface area contributed by atoms with Crippen LogP contribution >= 0.6 is 11.6 Å². The van der Waals surface area contributed by atoms with Crippen LogP contribution in [0.4, 0.5) is 5.82 Å². The summed E-state index contributed by atoms with van der Waals surface area (Å²) in [6, 6.07) is 11.2. The van der Waals surface area contributed by atoms with Crippen LogP contribution in [0.1, 0.15) is 21.5 Å². The maximum absolute atomic E-state index is 11.3. The lowest BCUT2D eigenvalue weighted by Gasteiger charge is -2.30. The normalized spacial score (nSPS) is 13.9. The van der Waals surface area contributed by atoms with Crippen molar-refractivity contribution in [2.75, 3.05) is 11.4 Å². The quantitative estimate of drug-likeness (QED) is 0.863. The molecule has 4 nitrogen and oxygen atoms in total. The molecule has 0 fully saturated rings. The standard InChI is InChI=1S/C15H13ClN2O2/c16-13-6-5-12(15(19)20)14(17-13)18-8-7-10-3-1-2-4-11(10)9-18/h1-6H,7-9H2,(H,19,20). The number of carboxylic acids is 1. The molecule has 1 N–H and O–H groups in total. The van der Waals surface area contributed by atoms with Crippen LogP contribution in [-0.4, -0.2) is 22.6 Å². The van der Waals surface area contributed by atoms with Gasteiger partial charge in [0.25, 0.3) is 0 Å². The highest BCUT2D eigenvalue weighted by atomic mass is 35.5. The molecule has 0 atom stereocenters. The lowest BCUT2D eigenvalue weighted by molar-refractivity contribution is 0.0697. The van der Waals surface area contributed by atoms with Crippen molar-refractivity contribution in [2.45, 2.75) is 13.0 Å². The van der Waals surface area contributed by atoms with Crippen molar-refractivity contribution in [1.82, 2.24) is 4.98 Å². The Morgan fingerprint density at radius 2 is 1.95 bits per heavy atom. The van der Waals surface area contributed by atoms with Gasteiger partial charge < -0.3 is 10.0 Å². The van der Waals surface area contributed by atoms with E-state index in [0.29, 0.717) is 17.5 Å². The Morgan fingerprint density at radius 3 is 2.70 bits per heavy atom. The van der Waals surface area contributed by atoms with E-state index in [1.807, 2.05) is 17.0 Å². The van der Waals surface area contributed by atoms with E-state index in [9.17, 15) is 9.90 Å². The molecule has 0 saturated heterocycles. The number of hydrogen-bond donors (Lipinski definition) is 1. The van der Waals surface area contributed by atoms with E-state index in [2.05, 4.69) is 17.1 Å². The van der Waals surface area contributed by atoms with E-state index >= 15 is 0 Å². The van der Waals surface area contributed by atoms with Gasteiger partial charge in [0, 0.05) is 13.1 Å². The smallest absolute Gasteiger partial charge is 0.339 e. The van der Waals surface area contributed by atoms with Gasteiger partial charge >= 0.3 is 5.97 Å². The molecule has 0 spiro atoms. The monoisotopic (exact) mass is 288 g/mol.